The van der Waals surface area contributed by atoms with Gasteiger partial charge in [-0.25, -0.2) is 0 Å². The Hall–Kier alpha value is -1.38. The molecule has 58 heavy (non-hydrogen) atoms. The van der Waals surface area contributed by atoms with E-state index in [9.17, 15) is 39.6 Å². The number of fused-ring (bicyclic) bond motifs is 4. The SMILES string of the molecule is CC1(CS(=O)(=O)OCCC2OC(CCOS(=O)(=O)CC34CCC(CC3=O)C4(C)C)OC(CCOS(=O)(=O)CC34CCC(CC3=O)C4(C)C)O2)CCC(CC=O)C1(C)C. The number of rotatable bonds is 20. The first-order valence-corrected chi connectivity index (χ1v) is 25.5. The Bertz CT molecular complexity index is 1830. The van der Waals surface area contributed by atoms with Crippen molar-refractivity contribution in [2.24, 2.45) is 50.2 Å². The van der Waals surface area contributed by atoms with Crippen molar-refractivity contribution in [3.63, 3.8) is 0 Å². The fraction of sp³-hybridized carbons (Fsp3) is 0.925. The number of ether oxygens (including phenoxy) is 3. The van der Waals surface area contributed by atoms with Crippen LogP contribution in [0.1, 0.15) is 126 Å². The first kappa shape index (κ1) is 46.1. The van der Waals surface area contributed by atoms with Crippen LogP contribution >= 0.6 is 0 Å². The lowest BCUT2D eigenvalue weighted by Crippen LogP contribution is -2.44. The van der Waals surface area contributed by atoms with Gasteiger partial charge in [0.05, 0.1) is 47.9 Å². The minimum atomic E-state index is -4.14. The topological polar surface area (TPSA) is 209 Å². The number of carbonyl (C=O) groups is 3. The molecule has 5 aliphatic carbocycles. The Labute approximate surface area is 345 Å². The smallest absolute Gasteiger partial charge is 0.268 e. The molecule has 0 N–H and O–H groups in total. The van der Waals surface area contributed by atoms with Gasteiger partial charge in [-0.2, -0.15) is 25.3 Å². The van der Waals surface area contributed by atoms with Crippen LogP contribution in [0.3, 0.4) is 0 Å². The molecule has 0 aromatic heterocycles. The Morgan fingerprint density at radius 3 is 1.28 bits per heavy atom. The van der Waals surface area contributed by atoms with E-state index in [2.05, 4.69) is 0 Å². The van der Waals surface area contributed by atoms with Crippen LogP contribution in [0.2, 0.25) is 0 Å². The molecule has 0 aromatic carbocycles. The Kier molecular flexibility index (Phi) is 12.8. The number of Topliss-reactive ketones (excluding diaryl/α,β-unsaturated/α-hetero) is 2. The van der Waals surface area contributed by atoms with Crippen molar-refractivity contribution >= 4 is 48.2 Å². The molecule has 0 amide bonds. The van der Waals surface area contributed by atoms with Crippen molar-refractivity contribution in [2.45, 2.75) is 144 Å². The molecular weight excluding hydrogens is 817 g/mol. The molecule has 0 aromatic rings. The Balaban J connectivity index is 1.06. The second kappa shape index (κ2) is 16.1. The van der Waals surface area contributed by atoms with Crippen molar-refractivity contribution in [3.05, 3.63) is 0 Å². The summed E-state index contributed by atoms with van der Waals surface area (Å²) in [5, 5.41) is 0. The van der Waals surface area contributed by atoms with Crippen LogP contribution in [-0.2, 0) is 71.5 Å². The quantitative estimate of drug-likeness (QED) is 0.116. The molecule has 8 atom stereocenters. The van der Waals surface area contributed by atoms with Crippen LogP contribution < -0.4 is 0 Å². The van der Waals surface area contributed by atoms with Crippen molar-refractivity contribution in [1.82, 2.24) is 0 Å². The Morgan fingerprint density at radius 1 is 0.569 bits per heavy atom. The molecule has 15 nitrogen and oxygen atoms in total. The summed E-state index contributed by atoms with van der Waals surface area (Å²) < 4.78 is 114. The van der Waals surface area contributed by atoms with E-state index in [-0.39, 0.29) is 74.2 Å². The van der Waals surface area contributed by atoms with Gasteiger partial charge in [0.1, 0.15) is 17.9 Å². The summed E-state index contributed by atoms with van der Waals surface area (Å²) in [5.41, 5.74) is -3.98. The standard InChI is InChI=1S/C40H64O15S3/c1-35(2)27(11-18-41)8-15-38(35,7)24-56(44,45)50-19-12-32-53-33(13-20-51-57(46,47)25-39-16-9-28(22-30(39)42)36(39,3)4)55-34(54-32)14-21-52-58(48,49)26-40-17-10-29(23-31(40)43)37(40,5)6/h18,27-29,32-34H,8-17,19-26H2,1-7H3. The van der Waals surface area contributed by atoms with Gasteiger partial charge in [0.2, 0.25) is 0 Å². The van der Waals surface area contributed by atoms with Gasteiger partial charge in [-0.1, -0.05) is 48.5 Å². The molecular formula is C40H64O15S3. The van der Waals surface area contributed by atoms with E-state index in [4.69, 9.17) is 26.8 Å². The van der Waals surface area contributed by atoms with Gasteiger partial charge < -0.3 is 19.0 Å². The van der Waals surface area contributed by atoms with E-state index < -0.39 is 93.2 Å². The summed E-state index contributed by atoms with van der Waals surface area (Å²) in [6.07, 6.45) is 2.35. The molecule has 0 spiro atoms. The highest BCUT2D eigenvalue weighted by molar-refractivity contribution is 7.87. The van der Waals surface area contributed by atoms with Crippen LogP contribution in [0.5, 0.6) is 0 Å². The van der Waals surface area contributed by atoms with Crippen molar-refractivity contribution in [2.75, 3.05) is 37.1 Å². The average molecular weight is 881 g/mol. The van der Waals surface area contributed by atoms with Crippen molar-refractivity contribution < 1.29 is 66.4 Å². The van der Waals surface area contributed by atoms with E-state index in [0.29, 0.717) is 38.5 Å². The van der Waals surface area contributed by atoms with E-state index in [1.54, 1.807) is 0 Å². The average Bonchev–Trinajstić information content (AvgIpc) is 3.69. The first-order chi connectivity index (χ1) is 26.7. The number of carbonyl (C=O) groups excluding carboxylic acids is 3. The van der Waals surface area contributed by atoms with E-state index in [1.165, 1.54) is 0 Å². The molecule has 18 heteroatoms. The molecule has 6 rings (SSSR count). The van der Waals surface area contributed by atoms with Gasteiger partial charge >= 0.3 is 0 Å². The molecule has 6 fully saturated rings. The van der Waals surface area contributed by atoms with Gasteiger partial charge in [0.15, 0.2) is 18.9 Å². The minimum Gasteiger partial charge on any atom is -0.323 e. The molecule has 8 unspecified atom stereocenters. The number of aldehydes is 1. The largest absolute Gasteiger partial charge is 0.323 e. The number of ketones is 2. The zero-order valence-corrected chi connectivity index (χ0v) is 37.6. The second-order valence-electron chi connectivity index (χ2n) is 19.9. The van der Waals surface area contributed by atoms with Gasteiger partial charge in [0, 0.05) is 38.5 Å². The first-order valence-electron chi connectivity index (χ1n) is 20.8. The molecule has 0 radical (unpaired) electrons. The second-order valence-corrected chi connectivity index (χ2v) is 24.8. The summed E-state index contributed by atoms with van der Waals surface area (Å²) >= 11 is 0. The van der Waals surface area contributed by atoms with Crippen LogP contribution in [0, 0.1) is 50.2 Å². The minimum absolute atomic E-state index is 0.0510. The van der Waals surface area contributed by atoms with Gasteiger partial charge in [-0.3, -0.25) is 22.1 Å². The molecule has 1 aliphatic heterocycles. The zero-order valence-electron chi connectivity index (χ0n) is 35.1. The lowest BCUT2D eigenvalue weighted by molar-refractivity contribution is -0.387. The highest BCUT2D eigenvalue weighted by atomic mass is 32.2. The van der Waals surface area contributed by atoms with Gasteiger partial charge in [0.25, 0.3) is 30.4 Å². The summed E-state index contributed by atoms with van der Waals surface area (Å²) in [4.78, 5) is 37.2. The highest BCUT2D eigenvalue weighted by Crippen LogP contribution is 2.65. The van der Waals surface area contributed by atoms with Crippen LogP contribution in [-0.4, -0.2) is 99.1 Å². The van der Waals surface area contributed by atoms with Crippen molar-refractivity contribution in [1.29, 1.82) is 0 Å². The van der Waals surface area contributed by atoms with Crippen LogP contribution in [0.15, 0.2) is 0 Å². The number of hydrogen-bond acceptors (Lipinski definition) is 15. The Morgan fingerprint density at radius 2 is 0.948 bits per heavy atom. The number of hydrogen-bond donors (Lipinski definition) is 0. The lowest BCUT2D eigenvalue weighted by atomic mass is 9.66. The maximum absolute atomic E-state index is 13.3. The van der Waals surface area contributed by atoms with Crippen LogP contribution in [0.25, 0.3) is 0 Å². The molecule has 4 bridgehead atoms. The highest BCUT2D eigenvalue weighted by Gasteiger charge is 2.66. The zero-order chi connectivity index (χ0) is 42.8. The fourth-order valence-electron chi connectivity index (χ4n) is 11.6. The normalized spacial score (nSPS) is 37.8. The molecule has 5 saturated carbocycles. The maximum Gasteiger partial charge on any atom is 0.268 e. The third-order valence-corrected chi connectivity index (χ3v) is 20.6. The van der Waals surface area contributed by atoms with Gasteiger partial charge in [-0.15, -0.1) is 0 Å². The predicted octanol–water partition coefficient (Wildman–Crippen LogP) is 5.06. The molecule has 1 heterocycles. The maximum atomic E-state index is 13.3. The van der Waals surface area contributed by atoms with E-state index in [0.717, 1.165) is 25.5 Å². The summed E-state index contributed by atoms with van der Waals surface area (Å²) in [7, 11) is -12.3. The summed E-state index contributed by atoms with van der Waals surface area (Å²) in [6, 6.07) is 0. The lowest BCUT2D eigenvalue weighted by Gasteiger charge is -2.41. The predicted molar refractivity (Wildman–Crippen MR) is 210 cm³/mol. The fourth-order valence-corrected chi connectivity index (χ4v) is 16.8. The van der Waals surface area contributed by atoms with E-state index in [1.807, 2.05) is 48.5 Å². The van der Waals surface area contributed by atoms with Crippen molar-refractivity contribution in [3.8, 4) is 0 Å². The third-order valence-electron chi connectivity index (χ3n) is 16.4. The molecule has 332 valence electrons. The van der Waals surface area contributed by atoms with E-state index >= 15 is 0 Å². The summed E-state index contributed by atoms with van der Waals surface area (Å²) in [5.74, 6) is -0.850. The molecule has 1 saturated heterocycles. The third kappa shape index (κ3) is 8.54. The monoisotopic (exact) mass is 880 g/mol. The molecule has 6 aliphatic rings. The summed E-state index contributed by atoms with van der Waals surface area (Å²) in [6.45, 7) is 12.6. The van der Waals surface area contributed by atoms with Gasteiger partial charge in [-0.05, 0) is 77.9 Å². The van der Waals surface area contributed by atoms with Crippen LogP contribution in [0.4, 0.5) is 0 Å².